The molecule has 0 fully saturated rings. The summed E-state index contributed by atoms with van der Waals surface area (Å²) in [6.07, 6.45) is 3.38. The largest absolute Gasteiger partial charge is 0.349 e. The van der Waals surface area contributed by atoms with Gasteiger partial charge < -0.3 is 9.13 Å². The van der Waals surface area contributed by atoms with Crippen LogP contribution in [0, 0.1) is 34.6 Å². The molecule has 0 atom stereocenters. The van der Waals surface area contributed by atoms with Crippen LogP contribution in [0.2, 0.25) is 5.02 Å². The van der Waals surface area contributed by atoms with Crippen LogP contribution in [-0.4, -0.2) is 39.0 Å². The maximum absolute atomic E-state index is 12.3. The smallest absolute Gasteiger partial charge is 0.322 e. The molecule has 0 aromatic heterocycles. The van der Waals surface area contributed by atoms with Crippen LogP contribution < -0.4 is 22.5 Å². The number of nitrogens with zero attached hydrogens (tertiary/aromatic N) is 6. The minimum atomic E-state index is -0.661. The van der Waals surface area contributed by atoms with Gasteiger partial charge in [-0.2, -0.15) is 9.97 Å². The fraction of sp³-hybridized carbons (Fsp3) is 0.273. The Morgan fingerprint density at radius 2 is 1.02 bits per heavy atom. The molecule has 4 heterocycles. The zero-order chi connectivity index (χ0) is 39.7. The van der Waals surface area contributed by atoms with Crippen LogP contribution in [0.3, 0.4) is 0 Å². The molecule has 57 heavy (non-hydrogen) atoms. The van der Waals surface area contributed by atoms with Crippen LogP contribution >= 0.6 is 11.6 Å². The molecule has 2 N–H and O–H groups in total. The number of aryl methyl sites for hydroxylation is 9. The van der Waals surface area contributed by atoms with Gasteiger partial charge in [-0.3, -0.25) is 19.6 Å². The van der Waals surface area contributed by atoms with E-state index in [1.54, 1.807) is 0 Å². The Kier molecular flexibility index (Phi) is 11.9. The fourth-order valence-electron chi connectivity index (χ4n) is 6.88. The van der Waals surface area contributed by atoms with Crippen LogP contribution in [0.25, 0.3) is 45.1 Å². The minimum absolute atomic E-state index is 0. The molecule has 0 aliphatic carbocycles. The molecule has 4 aliphatic heterocycles. The number of hydrogen-bond acceptors (Lipinski definition) is 8. The van der Waals surface area contributed by atoms with Crippen molar-refractivity contribution in [3.8, 4) is 23.0 Å². The number of halogens is 1. The van der Waals surface area contributed by atoms with Crippen LogP contribution in [0.4, 0.5) is 0 Å². The SMILES string of the molecule is C.Cc1cc2nc3c(=O)[nH]c(=O)nc-3n(CCCc3cccc(Cl)c3)c2cc1C.Cc1ccc(CCCn2c3nc(=O)[nH]c(=O)c-3nc3cc(C)c(C)cc32)cc1. The number of aromatic nitrogens is 8. The minimum Gasteiger partial charge on any atom is -0.322 e. The summed E-state index contributed by atoms with van der Waals surface area (Å²) in [5.74, 6) is 0.656. The number of fused-ring (bicyclic) bond motifs is 4. The van der Waals surface area contributed by atoms with Crippen molar-refractivity contribution in [1.82, 2.24) is 39.0 Å². The van der Waals surface area contributed by atoms with E-state index in [9.17, 15) is 19.2 Å². The molecule has 0 amide bonds. The van der Waals surface area contributed by atoms with E-state index in [2.05, 4.69) is 67.2 Å². The number of nitrogens with one attached hydrogen (secondary N) is 2. The van der Waals surface area contributed by atoms with Crippen molar-refractivity contribution >= 4 is 33.7 Å². The zero-order valence-corrected chi connectivity index (χ0v) is 32.6. The van der Waals surface area contributed by atoms with E-state index in [-0.39, 0.29) is 18.8 Å². The topological polar surface area (TPSA) is 161 Å². The first kappa shape index (κ1) is 40.4. The lowest BCUT2D eigenvalue weighted by Crippen LogP contribution is -2.29. The van der Waals surface area contributed by atoms with Crippen molar-refractivity contribution in [3.63, 3.8) is 0 Å². The first-order valence-electron chi connectivity index (χ1n) is 18.5. The van der Waals surface area contributed by atoms with Crippen molar-refractivity contribution in [2.75, 3.05) is 0 Å². The van der Waals surface area contributed by atoms with Crippen LogP contribution in [0.5, 0.6) is 0 Å². The summed E-state index contributed by atoms with van der Waals surface area (Å²) in [5, 5.41) is 0.709. The van der Waals surface area contributed by atoms with Gasteiger partial charge in [0.1, 0.15) is 0 Å². The maximum atomic E-state index is 12.3. The summed E-state index contributed by atoms with van der Waals surface area (Å²) in [6, 6.07) is 24.3. The van der Waals surface area contributed by atoms with Gasteiger partial charge in [-0.05, 0) is 130 Å². The molecule has 0 unspecified atom stereocenters. The monoisotopic (exact) mass is 784 g/mol. The highest BCUT2D eigenvalue weighted by Gasteiger charge is 2.20. The standard InChI is InChI=1S/C22H22N4O2.C21H19ClN4O2.CH4/c1-13-6-8-16(9-7-13)5-4-10-26-18-12-15(3)14(2)11-17(18)23-19-20(26)24-22(28)25-21(19)27;1-12-9-16-17(10-13(12)2)26(8-4-6-14-5-3-7-15(22)11-14)19-18(23-16)20(27)25-21(28)24-19;/h6-9,11-12H,4-5,10H2,1-3H3,(H,25,27,28);3,5,7,9-11H,4,6,8H2,1-2H3,(H,25,27,28);1H4. The molecule has 0 saturated heterocycles. The number of hydrogen-bond donors (Lipinski definition) is 2. The predicted molar refractivity (Wildman–Crippen MR) is 227 cm³/mol. The lowest BCUT2D eigenvalue weighted by Gasteiger charge is -2.17. The third kappa shape index (κ3) is 8.76. The second-order valence-corrected chi connectivity index (χ2v) is 14.7. The first-order valence-corrected chi connectivity index (χ1v) is 18.9. The van der Waals surface area contributed by atoms with E-state index in [1.165, 1.54) is 11.1 Å². The Balaban J connectivity index is 0.000000189. The van der Waals surface area contributed by atoms with E-state index in [1.807, 2.05) is 79.3 Å². The van der Waals surface area contributed by atoms with E-state index >= 15 is 0 Å². The number of aromatic amines is 2. The third-order valence-electron chi connectivity index (χ3n) is 10.2. The number of H-pyrrole nitrogens is 2. The molecule has 4 aliphatic rings. The van der Waals surface area contributed by atoms with Gasteiger partial charge in [-0.15, -0.1) is 0 Å². The molecule has 0 spiro atoms. The maximum Gasteiger partial charge on any atom is 0.349 e. The molecule has 4 aromatic rings. The lowest BCUT2D eigenvalue weighted by atomic mass is 10.1. The Morgan fingerprint density at radius 1 is 0.561 bits per heavy atom. The van der Waals surface area contributed by atoms with Crippen molar-refractivity contribution in [1.29, 1.82) is 0 Å². The van der Waals surface area contributed by atoms with Gasteiger partial charge >= 0.3 is 11.4 Å². The second-order valence-electron chi connectivity index (χ2n) is 14.3. The highest BCUT2D eigenvalue weighted by atomic mass is 35.5. The van der Waals surface area contributed by atoms with Gasteiger partial charge in [0.2, 0.25) is 0 Å². The Morgan fingerprint density at radius 3 is 1.49 bits per heavy atom. The molecule has 13 heteroatoms. The van der Waals surface area contributed by atoms with Gasteiger partial charge in [0.15, 0.2) is 23.0 Å². The van der Waals surface area contributed by atoms with Gasteiger partial charge in [0, 0.05) is 18.1 Å². The fourth-order valence-corrected chi connectivity index (χ4v) is 7.10. The van der Waals surface area contributed by atoms with E-state index in [0.29, 0.717) is 35.3 Å². The van der Waals surface area contributed by atoms with Crippen molar-refractivity contribution < 1.29 is 0 Å². The van der Waals surface area contributed by atoms with E-state index in [0.717, 1.165) is 70.1 Å². The van der Waals surface area contributed by atoms with Crippen molar-refractivity contribution in [2.45, 2.75) is 80.8 Å². The van der Waals surface area contributed by atoms with Gasteiger partial charge in [-0.1, -0.05) is 61.0 Å². The summed E-state index contributed by atoms with van der Waals surface area (Å²) in [6.45, 7) is 11.4. The molecule has 0 radical (unpaired) electrons. The van der Waals surface area contributed by atoms with Crippen LogP contribution in [-0.2, 0) is 25.9 Å². The average Bonchev–Trinajstić information content (AvgIpc) is 3.14. The summed E-state index contributed by atoms with van der Waals surface area (Å²) in [5.41, 5.74) is 9.33. The van der Waals surface area contributed by atoms with Gasteiger partial charge in [0.25, 0.3) is 11.1 Å². The molecular weight excluding hydrogens is 740 g/mol. The second kappa shape index (κ2) is 16.8. The number of rotatable bonds is 8. The highest BCUT2D eigenvalue weighted by Crippen LogP contribution is 2.26. The van der Waals surface area contributed by atoms with Crippen LogP contribution in [0.1, 0.15) is 59.2 Å². The van der Waals surface area contributed by atoms with Crippen molar-refractivity contribution in [3.05, 3.63) is 158 Å². The molecule has 8 rings (SSSR count). The normalized spacial score (nSPS) is 11.2. The Hall–Kier alpha value is -6.27. The number of benzene rings is 4. The molecule has 0 saturated carbocycles. The molecule has 12 nitrogen and oxygen atoms in total. The molecule has 4 aromatic carbocycles. The average molecular weight is 785 g/mol. The molecule has 292 valence electrons. The predicted octanol–water partition coefficient (Wildman–Crippen LogP) is 7.27. The zero-order valence-electron chi connectivity index (χ0n) is 31.9. The quantitative estimate of drug-likeness (QED) is 0.152. The lowest BCUT2D eigenvalue weighted by molar-refractivity contribution is 0.648. The first-order chi connectivity index (χ1) is 26.8. The van der Waals surface area contributed by atoms with Crippen LogP contribution in [0.15, 0.2) is 92.0 Å². The van der Waals surface area contributed by atoms with Crippen molar-refractivity contribution in [2.24, 2.45) is 0 Å². The summed E-state index contributed by atoms with van der Waals surface area (Å²) < 4.78 is 3.88. The van der Waals surface area contributed by atoms with E-state index < -0.39 is 22.5 Å². The summed E-state index contributed by atoms with van der Waals surface area (Å²) >= 11 is 6.07. The van der Waals surface area contributed by atoms with Gasteiger partial charge in [0.05, 0.1) is 22.1 Å². The summed E-state index contributed by atoms with van der Waals surface area (Å²) in [7, 11) is 0. The van der Waals surface area contributed by atoms with E-state index in [4.69, 9.17) is 11.6 Å². The third-order valence-corrected chi connectivity index (χ3v) is 10.4. The Labute approximate surface area is 334 Å². The summed E-state index contributed by atoms with van der Waals surface area (Å²) in [4.78, 5) is 69.8. The Bertz CT molecular complexity index is 2930. The molecule has 0 bridgehead atoms. The molecular formula is C44H45ClN8O4. The highest BCUT2D eigenvalue weighted by molar-refractivity contribution is 6.30. The van der Waals surface area contributed by atoms with Gasteiger partial charge in [-0.25, -0.2) is 19.6 Å².